The molecule has 17 heavy (non-hydrogen) atoms. The highest BCUT2D eigenvalue weighted by Crippen LogP contribution is 2.25. The number of H-pyrrole nitrogens is 1. The van der Waals surface area contributed by atoms with Gasteiger partial charge in [-0.3, -0.25) is 5.10 Å². The lowest BCUT2D eigenvalue weighted by atomic mass is 10.1. The number of hydrogen-bond acceptors (Lipinski definition) is 4. The predicted octanol–water partition coefficient (Wildman–Crippen LogP) is 2.54. The molecule has 5 heteroatoms. The summed E-state index contributed by atoms with van der Waals surface area (Å²) in [4.78, 5) is 5.41. The fourth-order valence-electron chi connectivity index (χ4n) is 1.46. The van der Waals surface area contributed by atoms with E-state index in [0.29, 0.717) is 6.04 Å². The number of aromatic amines is 1. The molecular weight excluding hydrogens is 232 g/mol. The van der Waals surface area contributed by atoms with Gasteiger partial charge in [-0.2, -0.15) is 0 Å². The van der Waals surface area contributed by atoms with E-state index in [1.807, 2.05) is 14.0 Å². The Balaban J connectivity index is 2.08. The van der Waals surface area contributed by atoms with Gasteiger partial charge in [0.1, 0.15) is 5.82 Å². The summed E-state index contributed by atoms with van der Waals surface area (Å²) in [6, 6.07) is 8.82. The second-order valence-corrected chi connectivity index (χ2v) is 4.93. The Morgan fingerprint density at radius 2 is 2.00 bits per heavy atom. The van der Waals surface area contributed by atoms with Gasteiger partial charge >= 0.3 is 0 Å². The fourth-order valence-corrected chi connectivity index (χ4v) is 2.22. The van der Waals surface area contributed by atoms with Crippen LogP contribution in [0, 0.1) is 6.92 Å². The van der Waals surface area contributed by atoms with E-state index < -0.39 is 0 Å². The first-order valence-corrected chi connectivity index (χ1v) is 6.35. The van der Waals surface area contributed by atoms with Gasteiger partial charge in [-0.25, -0.2) is 4.98 Å². The van der Waals surface area contributed by atoms with Crippen molar-refractivity contribution in [2.24, 2.45) is 0 Å². The second-order valence-electron chi connectivity index (χ2n) is 3.88. The lowest BCUT2D eigenvalue weighted by molar-refractivity contribution is 0.652. The third kappa shape index (κ3) is 3.08. The van der Waals surface area contributed by atoms with Gasteiger partial charge in [0.15, 0.2) is 0 Å². The molecule has 1 aromatic carbocycles. The van der Waals surface area contributed by atoms with Crippen LogP contribution in [0.2, 0.25) is 0 Å². The normalized spacial score (nSPS) is 12.6. The predicted molar refractivity (Wildman–Crippen MR) is 69.2 cm³/mol. The van der Waals surface area contributed by atoms with Crippen molar-refractivity contribution < 1.29 is 0 Å². The number of nitrogens with one attached hydrogen (secondary N) is 2. The van der Waals surface area contributed by atoms with Crippen LogP contribution in [-0.4, -0.2) is 22.2 Å². The van der Waals surface area contributed by atoms with E-state index in [9.17, 15) is 0 Å². The lowest BCUT2D eigenvalue weighted by Crippen LogP contribution is -2.11. The Bertz CT molecular complexity index is 478. The summed E-state index contributed by atoms with van der Waals surface area (Å²) in [5.74, 6) is 0.841. The van der Waals surface area contributed by atoms with E-state index in [0.717, 1.165) is 15.9 Å². The average Bonchev–Trinajstić information content (AvgIpc) is 2.75. The smallest absolute Gasteiger partial charge is 0.213 e. The van der Waals surface area contributed by atoms with Crippen LogP contribution in [0.1, 0.15) is 24.4 Å². The van der Waals surface area contributed by atoms with E-state index >= 15 is 0 Å². The molecule has 1 heterocycles. The lowest BCUT2D eigenvalue weighted by Gasteiger charge is -2.10. The van der Waals surface area contributed by atoms with Crippen molar-refractivity contribution in [1.29, 1.82) is 0 Å². The zero-order valence-corrected chi connectivity index (χ0v) is 11.0. The first-order valence-electron chi connectivity index (χ1n) is 5.53. The number of nitrogens with zero attached hydrogens (tertiary/aromatic N) is 2. The SMILES string of the molecule is CNC(C)c1ccc(Sc2n[nH]c(C)n2)cc1. The van der Waals surface area contributed by atoms with Gasteiger partial charge in [0.2, 0.25) is 5.16 Å². The molecule has 90 valence electrons. The van der Waals surface area contributed by atoms with E-state index in [2.05, 4.69) is 51.7 Å². The maximum atomic E-state index is 4.26. The zero-order valence-electron chi connectivity index (χ0n) is 10.2. The molecule has 4 nitrogen and oxygen atoms in total. The Kier molecular flexibility index (Phi) is 3.81. The molecule has 0 amide bonds. The topological polar surface area (TPSA) is 53.6 Å². The molecule has 2 rings (SSSR count). The Hall–Kier alpha value is -1.33. The Morgan fingerprint density at radius 3 is 2.53 bits per heavy atom. The number of aromatic nitrogens is 3. The monoisotopic (exact) mass is 248 g/mol. The zero-order chi connectivity index (χ0) is 12.3. The molecule has 0 aliphatic heterocycles. The van der Waals surface area contributed by atoms with Crippen LogP contribution in [0.5, 0.6) is 0 Å². The van der Waals surface area contributed by atoms with Crippen LogP contribution in [0.3, 0.4) is 0 Å². The molecule has 0 aliphatic rings. The summed E-state index contributed by atoms with van der Waals surface area (Å²) in [5.41, 5.74) is 1.28. The third-order valence-corrected chi connectivity index (χ3v) is 3.47. The summed E-state index contributed by atoms with van der Waals surface area (Å²) in [5, 5.41) is 10.9. The van der Waals surface area contributed by atoms with Crippen LogP contribution in [-0.2, 0) is 0 Å². The summed E-state index contributed by atoms with van der Waals surface area (Å²) < 4.78 is 0. The largest absolute Gasteiger partial charge is 0.313 e. The number of rotatable bonds is 4. The molecule has 0 radical (unpaired) electrons. The van der Waals surface area contributed by atoms with E-state index in [1.165, 1.54) is 5.56 Å². The summed E-state index contributed by atoms with van der Waals surface area (Å²) >= 11 is 1.56. The van der Waals surface area contributed by atoms with Gasteiger partial charge in [-0.15, -0.1) is 5.10 Å². The van der Waals surface area contributed by atoms with Crippen LogP contribution < -0.4 is 5.32 Å². The van der Waals surface area contributed by atoms with E-state index in [1.54, 1.807) is 11.8 Å². The van der Waals surface area contributed by atoms with Crippen LogP contribution >= 0.6 is 11.8 Å². The minimum atomic E-state index is 0.375. The van der Waals surface area contributed by atoms with Gasteiger partial charge in [0, 0.05) is 10.9 Å². The average molecular weight is 248 g/mol. The minimum Gasteiger partial charge on any atom is -0.313 e. The van der Waals surface area contributed by atoms with Crippen molar-refractivity contribution >= 4 is 11.8 Å². The standard InChI is InChI=1S/C12H16N4S/c1-8(13-3)10-4-6-11(7-5-10)17-12-14-9(2)15-16-12/h4-8,13H,1-3H3,(H,14,15,16). The molecule has 0 saturated carbocycles. The van der Waals surface area contributed by atoms with E-state index in [-0.39, 0.29) is 0 Å². The molecule has 0 bridgehead atoms. The molecule has 1 aromatic heterocycles. The molecule has 1 atom stereocenters. The van der Waals surface area contributed by atoms with Crippen LogP contribution in [0.15, 0.2) is 34.3 Å². The molecule has 1 unspecified atom stereocenters. The first-order chi connectivity index (χ1) is 8.19. The van der Waals surface area contributed by atoms with Crippen molar-refractivity contribution in [3.63, 3.8) is 0 Å². The van der Waals surface area contributed by atoms with Crippen molar-refractivity contribution in [2.45, 2.75) is 29.9 Å². The molecule has 0 saturated heterocycles. The van der Waals surface area contributed by atoms with Gasteiger partial charge in [0.05, 0.1) is 0 Å². The van der Waals surface area contributed by atoms with Crippen molar-refractivity contribution in [1.82, 2.24) is 20.5 Å². The third-order valence-electron chi connectivity index (χ3n) is 2.60. The first kappa shape index (κ1) is 12.1. The maximum absolute atomic E-state index is 4.26. The number of aryl methyl sites for hydroxylation is 1. The minimum absolute atomic E-state index is 0.375. The summed E-state index contributed by atoms with van der Waals surface area (Å²) in [6.07, 6.45) is 0. The molecular formula is C12H16N4S. The summed E-state index contributed by atoms with van der Waals surface area (Å²) in [7, 11) is 1.96. The van der Waals surface area contributed by atoms with Crippen molar-refractivity contribution in [3.05, 3.63) is 35.7 Å². The van der Waals surface area contributed by atoms with Crippen molar-refractivity contribution in [2.75, 3.05) is 7.05 Å². The molecule has 0 fully saturated rings. The quantitative estimate of drug-likeness (QED) is 0.873. The maximum Gasteiger partial charge on any atom is 0.213 e. The van der Waals surface area contributed by atoms with Crippen LogP contribution in [0.25, 0.3) is 0 Å². The Labute approximate surface area is 105 Å². The molecule has 2 N–H and O–H groups in total. The highest BCUT2D eigenvalue weighted by Gasteiger charge is 2.05. The highest BCUT2D eigenvalue weighted by molar-refractivity contribution is 7.99. The van der Waals surface area contributed by atoms with E-state index in [4.69, 9.17) is 0 Å². The second kappa shape index (κ2) is 5.33. The van der Waals surface area contributed by atoms with Gasteiger partial charge in [-0.1, -0.05) is 12.1 Å². The Morgan fingerprint density at radius 1 is 1.29 bits per heavy atom. The van der Waals surface area contributed by atoms with Crippen molar-refractivity contribution in [3.8, 4) is 0 Å². The van der Waals surface area contributed by atoms with Gasteiger partial charge in [-0.05, 0) is 50.4 Å². The molecule has 0 spiro atoms. The fraction of sp³-hybridized carbons (Fsp3) is 0.333. The number of hydrogen-bond donors (Lipinski definition) is 2. The summed E-state index contributed by atoms with van der Waals surface area (Å²) in [6.45, 7) is 4.04. The van der Waals surface area contributed by atoms with Crippen LogP contribution in [0.4, 0.5) is 0 Å². The molecule has 0 aliphatic carbocycles. The highest BCUT2D eigenvalue weighted by atomic mass is 32.2. The van der Waals surface area contributed by atoms with Gasteiger partial charge < -0.3 is 5.32 Å². The molecule has 2 aromatic rings. The number of benzene rings is 1. The van der Waals surface area contributed by atoms with Gasteiger partial charge in [0.25, 0.3) is 0 Å².